The van der Waals surface area contributed by atoms with Gasteiger partial charge in [-0.15, -0.1) is 0 Å². The van der Waals surface area contributed by atoms with Crippen LogP contribution in [0.5, 0.6) is 0 Å². The summed E-state index contributed by atoms with van der Waals surface area (Å²) in [5.74, 6) is 0. The molecule has 1 aromatic heterocycles. The van der Waals surface area contributed by atoms with Crippen LogP contribution in [0, 0.1) is 0 Å². The van der Waals surface area contributed by atoms with Crippen LogP contribution in [-0.4, -0.2) is 4.98 Å². The predicted molar refractivity (Wildman–Crippen MR) is 78.2 cm³/mol. The quantitative estimate of drug-likeness (QED) is 0.687. The maximum atomic E-state index is 11.8. The fourth-order valence-corrected chi connectivity index (χ4v) is 2.38. The summed E-state index contributed by atoms with van der Waals surface area (Å²) in [6, 6.07) is 15.6. The van der Waals surface area contributed by atoms with Gasteiger partial charge in [0.1, 0.15) is 0 Å². The average molecular weight is 250 g/mol. The third-order valence-electron chi connectivity index (χ3n) is 3.28. The highest BCUT2D eigenvalue weighted by Crippen LogP contribution is 2.23. The molecule has 0 aliphatic rings. The molecule has 0 saturated carbocycles. The summed E-state index contributed by atoms with van der Waals surface area (Å²) in [5.41, 5.74) is 8.81. The number of aromatic nitrogens is 1. The maximum Gasteiger partial charge on any atom is 0.255 e. The molecule has 3 N–H and O–H groups in total. The number of hydrogen-bond acceptors (Lipinski definition) is 2. The Balaban J connectivity index is 2.20. The summed E-state index contributed by atoms with van der Waals surface area (Å²) in [6.07, 6.45) is 2.51. The SMILES string of the molecule is Nc1cccc2c(=O)[nH]cc(Cc3ccccc3)c12. The Hall–Kier alpha value is -2.55. The van der Waals surface area contributed by atoms with E-state index in [9.17, 15) is 4.79 Å². The molecular weight excluding hydrogens is 236 g/mol. The topological polar surface area (TPSA) is 58.9 Å². The molecular formula is C16H14N2O. The number of pyridine rings is 1. The van der Waals surface area contributed by atoms with Crippen LogP contribution in [0.1, 0.15) is 11.1 Å². The molecule has 0 unspecified atom stereocenters. The molecule has 3 nitrogen and oxygen atoms in total. The molecule has 0 amide bonds. The van der Waals surface area contributed by atoms with Crippen LogP contribution in [0.3, 0.4) is 0 Å². The number of nitrogens with two attached hydrogens (primary N) is 1. The van der Waals surface area contributed by atoms with Crippen LogP contribution < -0.4 is 11.3 Å². The number of nitrogen functional groups attached to an aromatic ring is 1. The van der Waals surface area contributed by atoms with E-state index in [0.29, 0.717) is 11.1 Å². The Labute approximate surface area is 110 Å². The Morgan fingerprint density at radius 3 is 2.58 bits per heavy atom. The summed E-state index contributed by atoms with van der Waals surface area (Å²) in [4.78, 5) is 14.6. The van der Waals surface area contributed by atoms with Crippen LogP contribution >= 0.6 is 0 Å². The Bertz CT molecular complexity index is 776. The highest BCUT2D eigenvalue weighted by atomic mass is 16.1. The lowest BCUT2D eigenvalue weighted by Crippen LogP contribution is -2.08. The van der Waals surface area contributed by atoms with Crippen molar-refractivity contribution in [3.63, 3.8) is 0 Å². The van der Waals surface area contributed by atoms with Crippen molar-refractivity contribution in [1.29, 1.82) is 0 Å². The highest BCUT2D eigenvalue weighted by molar-refractivity contribution is 5.94. The molecule has 3 aromatic rings. The van der Waals surface area contributed by atoms with Crippen molar-refractivity contribution in [2.24, 2.45) is 0 Å². The van der Waals surface area contributed by atoms with Crippen molar-refractivity contribution < 1.29 is 0 Å². The first kappa shape index (κ1) is 11.5. The van der Waals surface area contributed by atoms with Crippen molar-refractivity contribution in [3.8, 4) is 0 Å². The fraction of sp³-hybridized carbons (Fsp3) is 0.0625. The lowest BCUT2D eigenvalue weighted by atomic mass is 10.00. The smallest absolute Gasteiger partial charge is 0.255 e. The predicted octanol–water partition coefficient (Wildman–Crippen LogP) is 2.70. The fourth-order valence-electron chi connectivity index (χ4n) is 2.38. The van der Waals surface area contributed by atoms with E-state index in [-0.39, 0.29) is 5.56 Å². The van der Waals surface area contributed by atoms with Crippen molar-refractivity contribution in [2.45, 2.75) is 6.42 Å². The largest absolute Gasteiger partial charge is 0.398 e. The molecule has 0 spiro atoms. The molecule has 1 heterocycles. The van der Waals surface area contributed by atoms with E-state index in [1.807, 2.05) is 24.3 Å². The summed E-state index contributed by atoms with van der Waals surface area (Å²) < 4.78 is 0. The van der Waals surface area contributed by atoms with Gasteiger partial charge in [0.05, 0.1) is 0 Å². The van der Waals surface area contributed by atoms with Gasteiger partial charge in [0.15, 0.2) is 0 Å². The third kappa shape index (κ3) is 2.10. The molecule has 0 bridgehead atoms. The zero-order valence-electron chi connectivity index (χ0n) is 10.4. The number of H-pyrrole nitrogens is 1. The van der Waals surface area contributed by atoms with Gasteiger partial charge in [-0.3, -0.25) is 4.79 Å². The maximum absolute atomic E-state index is 11.8. The number of anilines is 1. The van der Waals surface area contributed by atoms with E-state index < -0.39 is 0 Å². The van der Waals surface area contributed by atoms with Gasteiger partial charge in [-0.1, -0.05) is 36.4 Å². The van der Waals surface area contributed by atoms with Gasteiger partial charge in [-0.2, -0.15) is 0 Å². The molecule has 0 aliphatic carbocycles. The van der Waals surface area contributed by atoms with E-state index in [0.717, 1.165) is 17.4 Å². The van der Waals surface area contributed by atoms with Crippen LogP contribution in [0.4, 0.5) is 5.69 Å². The van der Waals surface area contributed by atoms with Gasteiger partial charge >= 0.3 is 0 Å². The molecule has 94 valence electrons. The second-order valence-corrected chi connectivity index (χ2v) is 4.58. The molecule has 0 saturated heterocycles. The van der Waals surface area contributed by atoms with Gasteiger partial charge in [-0.05, 0) is 29.7 Å². The highest BCUT2D eigenvalue weighted by Gasteiger charge is 2.08. The van der Waals surface area contributed by atoms with Gasteiger partial charge < -0.3 is 10.7 Å². The minimum absolute atomic E-state index is 0.0980. The van der Waals surface area contributed by atoms with Gasteiger partial charge in [0.25, 0.3) is 5.56 Å². The second kappa shape index (κ2) is 4.61. The van der Waals surface area contributed by atoms with Crippen molar-refractivity contribution in [2.75, 3.05) is 5.73 Å². The number of nitrogens with one attached hydrogen (secondary N) is 1. The number of benzene rings is 2. The summed E-state index contributed by atoms with van der Waals surface area (Å²) >= 11 is 0. The van der Waals surface area contributed by atoms with E-state index in [2.05, 4.69) is 17.1 Å². The third-order valence-corrected chi connectivity index (χ3v) is 3.28. The Morgan fingerprint density at radius 2 is 1.79 bits per heavy atom. The van der Waals surface area contributed by atoms with Crippen molar-refractivity contribution in [3.05, 3.63) is 76.2 Å². The van der Waals surface area contributed by atoms with Gasteiger partial charge in [0, 0.05) is 22.7 Å². The molecule has 0 aliphatic heterocycles. The molecule has 0 fully saturated rings. The van der Waals surface area contributed by atoms with Gasteiger partial charge in [0.2, 0.25) is 0 Å². The molecule has 0 radical (unpaired) electrons. The second-order valence-electron chi connectivity index (χ2n) is 4.58. The van der Waals surface area contributed by atoms with E-state index in [4.69, 9.17) is 5.73 Å². The first-order chi connectivity index (χ1) is 9.25. The Morgan fingerprint density at radius 1 is 1.00 bits per heavy atom. The zero-order valence-corrected chi connectivity index (χ0v) is 10.4. The number of hydrogen-bond donors (Lipinski definition) is 2. The van der Waals surface area contributed by atoms with Crippen LogP contribution in [-0.2, 0) is 6.42 Å². The standard InChI is InChI=1S/C16H14N2O/c17-14-8-4-7-13-15(14)12(10-18-16(13)19)9-11-5-2-1-3-6-11/h1-8,10H,9,17H2,(H,18,19). The van der Waals surface area contributed by atoms with Crippen molar-refractivity contribution in [1.82, 2.24) is 4.98 Å². The zero-order chi connectivity index (χ0) is 13.2. The van der Waals surface area contributed by atoms with E-state index in [1.54, 1.807) is 18.3 Å². The molecule has 2 aromatic carbocycles. The average Bonchev–Trinajstić information content (AvgIpc) is 2.43. The van der Waals surface area contributed by atoms with Crippen molar-refractivity contribution >= 4 is 16.5 Å². The monoisotopic (exact) mass is 250 g/mol. The number of rotatable bonds is 2. The van der Waals surface area contributed by atoms with E-state index >= 15 is 0 Å². The number of aromatic amines is 1. The van der Waals surface area contributed by atoms with E-state index in [1.165, 1.54) is 5.56 Å². The summed E-state index contributed by atoms with van der Waals surface area (Å²) in [5, 5.41) is 1.50. The van der Waals surface area contributed by atoms with Gasteiger partial charge in [-0.25, -0.2) is 0 Å². The first-order valence-electron chi connectivity index (χ1n) is 6.18. The molecule has 3 heteroatoms. The Kier molecular flexibility index (Phi) is 2.80. The molecule has 19 heavy (non-hydrogen) atoms. The molecule has 3 rings (SSSR count). The summed E-state index contributed by atoms with van der Waals surface area (Å²) in [6.45, 7) is 0. The molecule has 0 atom stereocenters. The van der Waals surface area contributed by atoms with Crippen LogP contribution in [0.15, 0.2) is 59.5 Å². The normalized spacial score (nSPS) is 10.7. The summed E-state index contributed by atoms with van der Waals surface area (Å²) in [7, 11) is 0. The first-order valence-corrected chi connectivity index (χ1v) is 6.18. The lowest BCUT2D eigenvalue weighted by molar-refractivity contribution is 1.15. The minimum Gasteiger partial charge on any atom is -0.398 e. The number of fused-ring (bicyclic) bond motifs is 1. The minimum atomic E-state index is -0.0980. The van der Waals surface area contributed by atoms with Crippen LogP contribution in [0.2, 0.25) is 0 Å². The van der Waals surface area contributed by atoms with Crippen LogP contribution in [0.25, 0.3) is 10.8 Å². The lowest BCUT2D eigenvalue weighted by Gasteiger charge is -2.08.